The standard InChI is InChI=1S/C29H31NO6/c1-2-3-5-16-25(20-10-6-4-7-11-20)36-27-21(17-18-26(31)32)12-9-15-24(27)30-28(33)22-13-8-14-23(19-22)29(34)35/h4,6-15,19,25H,2-3,5,16-18H2,1H3,(H,30,33)(H,31,32)(H,34,35). The van der Waals surface area contributed by atoms with Crippen LogP contribution in [-0.4, -0.2) is 28.1 Å². The number of anilines is 1. The van der Waals surface area contributed by atoms with Gasteiger partial charge in [0.2, 0.25) is 0 Å². The molecule has 188 valence electrons. The lowest BCUT2D eigenvalue weighted by atomic mass is 10.0. The van der Waals surface area contributed by atoms with E-state index < -0.39 is 17.8 Å². The number of aromatic carboxylic acids is 1. The van der Waals surface area contributed by atoms with Gasteiger partial charge in [-0.15, -0.1) is 0 Å². The summed E-state index contributed by atoms with van der Waals surface area (Å²) in [6, 6.07) is 20.8. The number of hydrogen-bond donors (Lipinski definition) is 3. The Morgan fingerprint density at radius 2 is 1.61 bits per heavy atom. The number of aliphatic carboxylic acids is 1. The van der Waals surface area contributed by atoms with Crippen molar-refractivity contribution in [3.05, 3.63) is 95.1 Å². The van der Waals surface area contributed by atoms with E-state index in [1.165, 1.54) is 24.3 Å². The first-order valence-corrected chi connectivity index (χ1v) is 12.1. The highest BCUT2D eigenvalue weighted by Crippen LogP contribution is 2.36. The van der Waals surface area contributed by atoms with Crippen LogP contribution in [0.25, 0.3) is 0 Å². The van der Waals surface area contributed by atoms with Crippen molar-refractivity contribution in [1.82, 2.24) is 0 Å². The summed E-state index contributed by atoms with van der Waals surface area (Å²) in [4.78, 5) is 35.6. The lowest BCUT2D eigenvalue weighted by Gasteiger charge is -2.24. The summed E-state index contributed by atoms with van der Waals surface area (Å²) in [5.74, 6) is -2.11. The molecule has 36 heavy (non-hydrogen) atoms. The second-order valence-corrected chi connectivity index (χ2v) is 8.54. The minimum absolute atomic E-state index is 0.00870. The molecule has 3 N–H and O–H groups in total. The van der Waals surface area contributed by atoms with Crippen molar-refractivity contribution >= 4 is 23.5 Å². The van der Waals surface area contributed by atoms with Gasteiger partial charge in [0.1, 0.15) is 11.9 Å². The third-order valence-corrected chi connectivity index (χ3v) is 5.83. The van der Waals surface area contributed by atoms with E-state index in [1.807, 2.05) is 30.3 Å². The molecule has 0 saturated carbocycles. The number of aryl methyl sites for hydroxylation is 1. The summed E-state index contributed by atoms with van der Waals surface area (Å²) in [5, 5.41) is 21.3. The van der Waals surface area contributed by atoms with Gasteiger partial charge in [0.15, 0.2) is 0 Å². The van der Waals surface area contributed by atoms with Crippen LogP contribution < -0.4 is 10.1 Å². The maximum atomic E-state index is 13.0. The zero-order chi connectivity index (χ0) is 25.9. The van der Waals surface area contributed by atoms with Crippen molar-refractivity contribution in [3.8, 4) is 5.75 Å². The second-order valence-electron chi connectivity index (χ2n) is 8.54. The monoisotopic (exact) mass is 489 g/mol. The van der Waals surface area contributed by atoms with Gasteiger partial charge in [0, 0.05) is 12.0 Å². The lowest BCUT2D eigenvalue weighted by Crippen LogP contribution is -2.16. The molecule has 0 aromatic heterocycles. The molecule has 1 amide bonds. The molecule has 0 heterocycles. The minimum atomic E-state index is -1.12. The molecule has 0 saturated heterocycles. The number of para-hydroxylation sites is 1. The van der Waals surface area contributed by atoms with Crippen LogP contribution >= 0.6 is 0 Å². The summed E-state index contributed by atoms with van der Waals surface area (Å²) in [6.07, 6.45) is 3.70. The van der Waals surface area contributed by atoms with Crippen molar-refractivity contribution < 1.29 is 29.3 Å². The van der Waals surface area contributed by atoms with E-state index in [1.54, 1.807) is 18.2 Å². The van der Waals surface area contributed by atoms with Crippen molar-refractivity contribution in [3.63, 3.8) is 0 Å². The Balaban J connectivity index is 1.96. The zero-order valence-electron chi connectivity index (χ0n) is 20.3. The summed E-state index contributed by atoms with van der Waals surface area (Å²) >= 11 is 0. The Labute approximate surface area is 210 Å². The van der Waals surface area contributed by atoms with Crippen LogP contribution in [0, 0.1) is 0 Å². The normalized spacial score (nSPS) is 11.5. The number of benzene rings is 3. The number of carboxylic acid groups (broad SMARTS) is 2. The Morgan fingerprint density at radius 3 is 2.31 bits per heavy atom. The van der Waals surface area contributed by atoms with Gasteiger partial charge in [0.25, 0.3) is 5.91 Å². The molecule has 0 spiro atoms. The quantitative estimate of drug-likeness (QED) is 0.241. The number of amides is 1. The van der Waals surface area contributed by atoms with E-state index in [2.05, 4.69) is 12.2 Å². The van der Waals surface area contributed by atoms with E-state index in [0.29, 0.717) is 17.0 Å². The van der Waals surface area contributed by atoms with Crippen LogP contribution in [0.3, 0.4) is 0 Å². The smallest absolute Gasteiger partial charge is 0.335 e. The van der Waals surface area contributed by atoms with E-state index in [9.17, 15) is 24.6 Å². The van der Waals surface area contributed by atoms with Gasteiger partial charge in [0.05, 0.1) is 11.3 Å². The minimum Gasteiger partial charge on any atom is -0.483 e. The molecule has 0 aliphatic heterocycles. The molecule has 0 fully saturated rings. The van der Waals surface area contributed by atoms with Gasteiger partial charge in [-0.1, -0.05) is 68.3 Å². The SMILES string of the molecule is CCCCCC(Oc1c(CCC(=O)O)cccc1NC(=O)c1cccc(C(=O)O)c1)c1ccccc1. The number of carboxylic acids is 2. The van der Waals surface area contributed by atoms with Crippen LogP contribution in [-0.2, 0) is 11.2 Å². The largest absolute Gasteiger partial charge is 0.483 e. The number of rotatable bonds is 13. The fourth-order valence-electron chi connectivity index (χ4n) is 3.93. The number of ether oxygens (including phenoxy) is 1. The summed E-state index contributed by atoms with van der Waals surface area (Å²) in [7, 11) is 0. The Morgan fingerprint density at radius 1 is 0.889 bits per heavy atom. The number of hydrogen-bond acceptors (Lipinski definition) is 4. The molecule has 1 unspecified atom stereocenters. The van der Waals surface area contributed by atoms with E-state index in [-0.39, 0.29) is 30.1 Å². The maximum Gasteiger partial charge on any atom is 0.335 e. The van der Waals surface area contributed by atoms with Crippen LogP contribution in [0.1, 0.15) is 77.0 Å². The molecule has 3 aromatic rings. The first kappa shape index (κ1) is 26.5. The fraction of sp³-hybridized carbons (Fsp3) is 0.276. The van der Waals surface area contributed by atoms with Gasteiger partial charge in [-0.2, -0.15) is 0 Å². The third-order valence-electron chi connectivity index (χ3n) is 5.83. The first-order valence-electron chi connectivity index (χ1n) is 12.1. The highest BCUT2D eigenvalue weighted by Gasteiger charge is 2.20. The van der Waals surface area contributed by atoms with Crippen molar-refractivity contribution in [2.45, 2.75) is 51.6 Å². The summed E-state index contributed by atoms with van der Waals surface area (Å²) < 4.78 is 6.54. The van der Waals surface area contributed by atoms with Gasteiger partial charge in [-0.25, -0.2) is 4.79 Å². The average molecular weight is 490 g/mol. The number of carbonyl (C=O) groups is 3. The molecule has 1 atom stereocenters. The average Bonchev–Trinajstić information content (AvgIpc) is 2.88. The van der Waals surface area contributed by atoms with Gasteiger partial charge >= 0.3 is 11.9 Å². The number of carbonyl (C=O) groups excluding carboxylic acids is 1. The molecule has 0 aliphatic rings. The van der Waals surface area contributed by atoms with Crippen molar-refractivity contribution in [2.75, 3.05) is 5.32 Å². The van der Waals surface area contributed by atoms with Crippen LogP contribution in [0.4, 0.5) is 5.69 Å². The topological polar surface area (TPSA) is 113 Å². The molecule has 7 nitrogen and oxygen atoms in total. The highest BCUT2D eigenvalue weighted by atomic mass is 16.5. The maximum absolute atomic E-state index is 13.0. The molecule has 7 heteroatoms. The predicted octanol–water partition coefficient (Wildman–Crippen LogP) is 6.35. The molecule has 3 aromatic carbocycles. The molecular weight excluding hydrogens is 458 g/mol. The Hall–Kier alpha value is -4.13. The summed E-state index contributed by atoms with van der Waals surface area (Å²) in [5.41, 5.74) is 2.27. The van der Waals surface area contributed by atoms with E-state index >= 15 is 0 Å². The summed E-state index contributed by atoms with van der Waals surface area (Å²) in [6.45, 7) is 2.13. The van der Waals surface area contributed by atoms with Crippen molar-refractivity contribution in [1.29, 1.82) is 0 Å². The first-order chi connectivity index (χ1) is 17.4. The van der Waals surface area contributed by atoms with Gasteiger partial charge in [-0.3, -0.25) is 9.59 Å². The third kappa shape index (κ3) is 7.43. The fourth-order valence-corrected chi connectivity index (χ4v) is 3.93. The van der Waals surface area contributed by atoms with Crippen LogP contribution in [0.15, 0.2) is 72.8 Å². The highest BCUT2D eigenvalue weighted by molar-refractivity contribution is 6.06. The Bertz CT molecular complexity index is 1190. The van der Waals surface area contributed by atoms with Gasteiger partial charge in [-0.05, 0) is 54.7 Å². The van der Waals surface area contributed by atoms with Gasteiger partial charge < -0.3 is 20.3 Å². The van der Waals surface area contributed by atoms with Crippen LogP contribution in [0.2, 0.25) is 0 Å². The predicted molar refractivity (Wildman–Crippen MR) is 138 cm³/mol. The molecule has 0 aliphatic carbocycles. The second kappa shape index (κ2) is 13.1. The number of nitrogens with one attached hydrogen (secondary N) is 1. The van der Waals surface area contributed by atoms with E-state index in [0.717, 1.165) is 31.2 Å². The molecule has 0 bridgehead atoms. The Kier molecular flexibility index (Phi) is 9.63. The van der Waals surface area contributed by atoms with Crippen LogP contribution in [0.5, 0.6) is 5.75 Å². The van der Waals surface area contributed by atoms with E-state index in [4.69, 9.17) is 4.74 Å². The molecule has 0 radical (unpaired) electrons. The molecular formula is C29H31NO6. The lowest BCUT2D eigenvalue weighted by molar-refractivity contribution is -0.136. The van der Waals surface area contributed by atoms with Crippen molar-refractivity contribution in [2.24, 2.45) is 0 Å². The molecule has 3 rings (SSSR count). The number of unbranched alkanes of at least 4 members (excludes halogenated alkanes) is 2. The zero-order valence-corrected chi connectivity index (χ0v) is 20.3.